The van der Waals surface area contributed by atoms with Gasteiger partial charge in [-0.1, -0.05) is 23.4 Å². The highest BCUT2D eigenvalue weighted by Gasteiger charge is 2.32. The van der Waals surface area contributed by atoms with E-state index in [1.807, 2.05) is 13.2 Å². The van der Waals surface area contributed by atoms with Gasteiger partial charge < -0.3 is 4.90 Å². The van der Waals surface area contributed by atoms with Gasteiger partial charge in [0.25, 0.3) is 0 Å². The summed E-state index contributed by atoms with van der Waals surface area (Å²) < 4.78 is 14.5. The highest BCUT2D eigenvalue weighted by atomic mass is 35.5. The molecule has 114 valence electrons. The lowest BCUT2D eigenvalue weighted by atomic mass is 9.95. The fourth-order valence-electron chi connectivity index (χ4n) is 3.26. The third-order valence-electron chi connectivity index (χ3n) is 4.30. The highest BCUT2D eigenvalue weighted by molar-refractivity contribution is 7.98. The van der Waals surface area contributed by atoms with Crippen molar-refractivity contribution in [2.24, 2.45) is 0 Å². The predicted octanol–water partition coefficient (Wildman–Crippen LogP) is 4.27. The van der Waals surface area contributed by atoms with Crippen LogP contribution in [0.15, 0.2) is 10.9 Å². The van der Waals surface area contributed by atoms with Crippen LogP contribution in [-0.4, -0.2) is 27.8 Å². The topological polar surface area (TPSA) is 41.9 Å². The summed E-state index contributed by atoms with van der Waals surface area (Å²) in [5, 5.41) is 1.12. The van der Waals surface area contributed by atoms with E-state index in [2.05, 4.69) is 19.9 Å². The molecule has 0 N–H and O–H groups in total. The number of halogens is 2. The van der Waals surface area contributed by atoms with Crippen LogP contribution in [0.1, 0.15) is 31.9 Å². The molecule has 4 heterocycles. The van der Waals surface area contributed by atoms with Gasteiger partial charge in [-0.15, -0.1) is 0 Å². The Labute approximate surface area is 136 Å². The number of hydrogen-bond donors (Lipinski definition) is 0. The fraction of sp³-hybridized carbons (Fsp3) is 0.400. The molecular formula is C15H14ClFN4S. The second-order valence-electron chi connectivity index (χ2n) is 5.50. The second-order valence-corrected chi connectivity index (χ2v) is 6.63. The van der Waals surface area contributed by atoms with E-state index in [1.165, 1.54) is 17.5 Å². The van der Waals surface area contributed by atoms with Crippen LogP contribution >= 0.6 is 23.4 Å². The minimum atomic E-state index is -0.562. The number of rotatable bonds is 1. The Balaban J connectivity index is 2.15. The van der Waals surface area contributed by atoms with Gasteiger partial charge in [-0.3, -0.25) is 0 Å². The molecule has 0 atom stereocenters. The number of hydrogen-bond acceptors (Lipinski definition) is 5. The molecule has 0 aromatic carbocycles. The van der Waals surface area contributed by atoms with Gasteiger partial charge in [0.1, 0.15) is 11.3 Å². The van der Waals surface area contributed by atoms with Crippen molar-refractivity contribution in [1.82, 2.24) is 15.0 Å². The van der Waals surface area contributed by atoms with Crippen molar-refractivity contribution >= 4 is 45.7 Å². The molecule has 0 spiro atoms. The van der Waals surface area contributed by atoms with Crippen LogP contribution in [0.2, 0.25) is 5.15 Å². The van der Waals surface area contributed by atoms with Crippen molar-refractivity contribution in [3.05, 3.63) is 22.4 Å². The number of nitrogens with zero attached hydrogens (tertiary/aromatic N) is 4. The summed E-state index contributed by atoms with van der Waals surface area (Å²) in [7, 11) is 0. The molecular weight excluding hydrogens is 323 g/mol. The summed E-state index contributed by atoms with van der Waals surface area (Å²) in [6, 6.07) is 0. The van der Waals surface area contributed by atoms with E-state index in [0.29, 0.717) is 10.5 Å². The number of anilines is 1. The van der Waals surface area contributed by atoms with Crippen LogP contribution in [0.25, 0.3) is 16.5 Å². The molecule has 0 saturated carbocycles. The smallest absolute Gasteiger partial charge is 0.189 e. The molecule has 7 heteroatoms. The molecule has 2 aliphatic rings. The van der Waals surface area contributed by atoms with E-state index in [4.69, 9.17) is 11.6 Å². The molecule has 22 heavy (non-hydrogen) atoms. The first kappa shape index (κ1) is 14.2. The van der Waals surface area contributed by atoms with Gasteiger partial charge in [-0.05, 0) is 38.0 Å². The fourth-order valence-corrected chi connectivity index (χ4v) is 3.79. The number of piperidine rings is 1. The zero-order chi connectivity index (χ0) is 15.4. The van der Waals surface area contributed by atoms with Gasteiger partial charge >= 0.3 is 0 Å². The van der Waals surface area contributed by atoms with Gasteiger partial charge in [-0.25, -0.2) is 19.3 Å². The van der Waals surface area contributed by atoms with E-state index >= 15 is 0 Å². The molecule has 2 aromatic rings. The lowest BCUT2D eigenvalue weighted by Gasteiger charge is -2.36. The highest BCUT2D eigenvalue weighted by Crippen LogP contribution is 2.44. The Morgan fingerprint density at radius 2 is 2.05 bits per heavy atom. The number of fused-ring (bicyclic) bond motifs is 2. The van der Waals surface area contributed by atoms with Gasteiger partial charge in [0.15, 0.2) is 16.1 Å². The molecule has 1 fully saturated rings. The van der Waals surface area contributed by atoms with Crippen molar-refractivity contribution in [3.8, 4) is 0 Å². The summed E-state index contributed by atoms with van der Waals surface area (Å²) >= 11 is 7.40. The number of allylic oxidation sites excluding steroid dienone is 2. The minimum Gasteiger partial charge on any atom is -0.329 e. The molecule has 0 radical (unpaired) electrons. The Morgan fingerprint density at radius 3 is 2.82 bits per heavy atom. The van der Waals surface area contributed by atoms with Crippen molar-refractivity contribution < 1.29 is 4.39 Å². The van der Waals surface area contributed by atoms with Crippen molar-refractivity contribution in [2.45, 2.75) is 31.3 Å². The molecule has 0 amide bonds. The van der Waals surface area contributed by atoms with Crippen LogP contribution in [0.3, 0.4) is 0 Å². The summed E-state index contributed by atoms with van der Waals surface area (Å²) in [6.07, 6.45) is 5.13. The van der Waals surface area contributed by atoms with Crippen molar-refractivity contribution in [2.75, 3.05) is 17.7 Å². The second kappa shape index (κ2) is 5.06. The quantitative estimate of drug-likeness (QED) is 0.442. The van der Waals surface area contributed by atoms with E-state index in [0.717, 1.165) is 42.9 Å². The summed E-state index contributed by atoms with van der Waals surface area (Å²) in [5.74, 6) is 0.209. The van der Waals surface area contributed by atoms with Crippen LogP contribution < -0.4 is 4.90 Å². The number of pyridine rings is 1. The zero-order valence-electron chi connectivity index (χ0n) is 12.3. The molecule has 2 aliphatic heterocycles. The van der Waals surface area contributed by atoms with Gasteiger partial charge in [0.2, 0.25) is 0 Å². The van der Waals surface area contributed by atoms with E-state index in [9.17, 15) is 4.39 Å². The lowest BCUT2D eigenvalue weighted by molar-refractivity contribution is 0.621. The summed E-state index contributed by atoms with van der Waals surface area (Å²) in [5.41, 5.74) is 3.27. The molecule has 4 nitrogen and oxygen atoms in total. The van der Waals surface area contributed by atoms with E-state index in [1.54, 1.807) is 0 Å². The zero-order valence-corrected chi connectivity index (χ0v) is 13.9. The largest absolute Gasteiger partial charge is 0.329 e. The third-order valence-corrected chi connectivity index (χ3v) is 5.10. The van der Waals surface area contributed by atoms with Gasteiger partial charge in [0.05, 0.1) is 11.1 Å². The number of aromatic nitrogens is 3. The Morgan fingerprint density at radius 1 is 1.23 bits per heavy atom. The van der Waals surface area contributed by atoms with Crippen LogP contribution in [-0.2, 0) is 0 Å². The normalized spacial score (nSPS) is 17.2. The van der Waals surface area contributed by atoms with Crippen LogP contribution in [0.5, 0.6) is 0 Å². The molecule has 2 aromatic heterocycles. The maximum Gasteiger partial charge on any atom is 0.189 e. The molecule has 0 unspecified atom stereocenters. The van der Waals surface area contributed by atoms with Crippen molar-refractivity contribution in [1.29, 1.82) is 0 Å². The Kier molecular flexibility index (Phi) is 3.27. The molecule has 0 aliphatic carbocycles. The maximum absolute atomic E-state index is 14.5. The average Bonchev–Trinajstić information content (AvgIpc) is 2.55. The lowest BCUT2D eigenvalue weighted by Crippen LogP contribution is -2.32. The first-order chi connectivity index (χ1) is 10.6. The Bertz CT molecular complexity index is 836. The monoisotopic (exact) mass is 336 g/mol. The SMILES string of the molecule is CSc1nc2c3c(nc(Cl)c(F)c3n1)C(C)=C1CCCCN12. The van der Waals surface area contributed by atoms with Gasteiger partial charge in [0, 0.05) is 12.2 Å². The standard InChI is InChI=1S/C15H14ClFN4S/c1-7-8-5-3-4-6-21(8)14-9-11(7)18-13(16)10(17)12(9)19-15(20-14)22-2/h3-6H2,1-2H3. The first-order valence-electron chi connectivity index (χ1n) is 7.20. The third kappa shape index (κ3) is 1.86. The van der Waals surface area contributed by atoms with E-state index < -0.39 is 5.82 Å². The van der Waals surface area contributed by atoms with E-state index in [-0.39, 0.29) is 10.7 Å². The van der Waals surface area contributed by atoms with Crippen molar-refractivity contribution in [3.63, 3.8) is 0 Å². The predicted molar refractivity (Wildman–Crippen MR) is 87.9 cm³/mol. The Hall–Kier alpha value is -1.40. The summed E-state index contributed by atoms with van der Waals surface area (Å²) in [4.78, 5) is 15.4. The van der Waals surface area contributed by atoms with Crippen LogP contribution in [0.4, 0.5) is 10.2 Å². The van der Waals surface area contributed by atoms with Gasteiger partial charge in [-0.2, -0.15) is 0 Å². The maximum atomic E-state index is 14.5. The first-order valence-corrected chi connectivity index (χ1v) is 8.80. The van der Waals surface area contributed by atoms with Crippen LogP contribution in [0, 0.1) is 5.82 Å². The average molecular weight is 337 g/mol. The molecule has 4 rings (SSSR count). The molecule has 1 saturated heterocycles. The molecule has 0 bridgehead atoms. The minimum absolute atomic E-state index is 0.122. The number of thioether (sulfide) groups is 1. The summed E-state index contributed by atoms with van der Waals surface area (Å²) in [6.45, 7) is 2.92.